The van der Waals surface area contributed by atoms with Crippen molar-refractivity contribution < 1.29 is 18.7 Å². The Bertz CT molecular complexity index is 1720. The van der Waals surface area contributed by atoms with E-state index in [0.29, 0.717) is 38.7 Å². The molecule has 1 aliphatic heterocycles. The molecule has 0 N–H and O–H groups in total. The summed E-state index contributed by atoms with van der Waals surface area (Å²) in [6.45, 7) is 6.67. The molecule has 5 rings (SSSR count). The molecule has 3 aromatic carbocycles. The molecule has 0 unspecified atom stereocenters. The molecule has 1 aromatic heterocycles. The Kier molecular flexibility index (Phi) is 8.07. The zero-order valence-electron chi connectivity index (χ0n) is 22.5. The first-order valence-corrected chi connectivity index (χ1v) is 13.9. The van der Waals surface area contributed by atoms with Crippen LogP contribution < -0.4 is 19.6 Å². The van der Waals surface area contributed by atoms with Crippen LogP contribution in [-0.4, -0.2) is 23.8 Å². The molecular formula is C32H29FN2O4S. The summed E-state index contributed by atoms with van der Waals surface area (Å²) >= 11 is 1.24. The third kappa shape index (κ3) is 5.67. The lowest BCUT2D eigenvalue weighted by Crippen LogP contribution is -2.40. The summed E-state index contributed by atoms with van der Waals surface area (Å²) in [4.78, 5) is 32.6. The molecule has 0 saturated heterocycles. The Labute approximate surface area is 235 Å². The molecule has 0 saturated carbocycles. The van der Waals surface area contributed by atoms with Crippen molar-refractivity contribution in [3.05, 3.63) is 127 Å². The summed E-state index contributed by atoms with van der Waals surface area (Å²) in [6, 6.07) is 21.8. The van der Waals surface area contributed by atoms with E-state index in [9.17, 15) is 14.0 Å². The van der Waals surface area contributed by atoms with E-state index in [2.05, 4.69) is 13.8 Å². The topological polar surface area (TPSA) is 69.9 Å². The third-order valence-electron chi connectivity index (χ3n) is 6.32. The maximum absolute atomic E-state index is 13.9. The van der Waals surface area contributed by atoms with Crippen LogP contribution in [0.1, 0.15) is 43.5 Å². The highest BCUT2D eigenvalue weighted by atomic mass is 32.1. The number of fused-ring (bicyclic) bond motifs is 1. The van der Waals surface area contributed by atoms with Gasteiger partial charge in [0.2, 0.25) is 0 Å². The van der Waals surface area contributed by atoms with Gasteiger partial charge < -0.3 is 9.47 Å². The van der Waals surface area contributed by atoms with Crippen LogP contribution in [0.2, 0.25) is 0 Å². The summed E-state index contributed by atoms with van der Waals surface area (Å²) in [6.07, 6.45) is 1.80. The number of thiazole rings is 1. The van der Waals surface area contributed by atoms with Crippen LogP contribution in [-0.2, 0) is 9.53 Å². The number of esters is 1. The van der Waals surface area contributed by atoms with Crippen molar-refractivity contribution in [3.63, 3.8) is 0 Å². The van der Waals surface area contributed by atoms with Crippen molar-refractivity contribution in [1.29, 1.82) is 0 Å². The van der Waals surface area contributed by atoms with Crippen LogP contribution in [0.15, 0.2) is 94.2 Å². The van der Waals surface area contributed by atoms with Gasteiger partial charge in [-0.15, -0.1) is 0 Å². The van der Waals surface area contributed by atoms with Crippen LogP contribution in [0.5, 0.6) is 5.75 Å². The number of rotatable bonds is 8. The minimum absolute atomic E-state index is 0.155. The summed E-state index contributed by atoms with van der Waals surface area (Å²) in [5.74, 6) is 0.179. The number of hydrogen-bond donors (Lipinski definition) is 0. The minimum atomic E-state index is -0.847. The lowest BCUT2D eigenvalue weighted by Gasteiger charge is -2.25. The molecule has 8 heteroatoms. The molecule has 1 aliphatic rings. The number of hydrogen-bond acceptors (Lipinski definition) is 6. The van der Waals surface area contributed by atoms with Gasteiger partial charge in [0, 0.05) is 5.56 Å². The standard InChI is InChI=1S/C32H29FN2O4S/c1-4-38-31(37)27-28(22-8-6-5-7-9-22)34-32-35(29(27)23-12-14-24(33)15-13-23)30(36)26(40-32)18-21-10-16-25(17-11-21)39-19-20(2)3/h5-18,20,29H,4,19H2,1-3H3/b26-18+/t29-/m0/s1. The number of carbonyl (C=O) groups is 1. The highest BCUT2D eigenvalue weighted by Crippen LogP contribution is 2.35. The monoisotopic (exact) mass is 556 g/mol. The first-order chi connectivity index (χ1) is 19.4. The number of carbonyl (C=O) groups excluding carboxylic acids is 1. The third-order valence-corrected chi connectivity index (χ3v) is 7.30. The Morgan fingerprint density at radius 1 is 1.05 bits per heavy atom. The molecule has 0 aliphatic carbocycles. The van der Waals surface area contributed by atoms with Gasteiger partial charge in [0.25, 0.3) is 5.56 Å². The first kappa shape index (κ1) is 27.3. The first-order valence-electron chi connectivity index (χ1n) is 13.1. The number of nitrogens with zero attached hydrogens (tertiary/aromatic N) is 2. The highest BCUT2D eigenvalue weighted by Gasteiger charge is 2.35. The Morgan fingerprint density at radius 2 is 1.75 bits per heavy atom. The largest absolute Gasteiger partial charge is 0.493 e. The van der Waals surface area contributed by atoms with Crippen molar-refractivity contribution in [1.82, 2.24) is 4.57 Å². The minimum Gasteiger partial charge on any atom is -0.493 e. The van der Waals surface area contributed by atoms with Gasteiger partial charge in [-0.05, 0) is 54.3 Å². The van der Waals surface area contributed by atoms with Gasteiger partial charge in [-0.25, -0.2) is 14.2 Å². The lowest BCUT2D eigenvalue weighted by atomic mass is 9.93. The van der Waals surface area contributed by atoms with Crippen molar-refractivity contribution in [2.24, 2.45) is 10.9 Å². The van der Waals surface area contributed by atoms with Gasteiger partial charge >= 0.3 is 5.97 Å². The van der Waals surface area contributed by atoms with E-state index in [4.69, 9.17) is 14.5 Å². The molecule has 0 radical (unpaired) electrons. The molecule has 6 nitrogen and oxygen atoms in total. The van der Waals surface area contributed by atoms with Gasteiger partial charge in [0.05, 0.1) is 35.1 Å². The van der Waals surface area contributed by atoms with Crippen LogP contribution in [0.4, 0.5) is 4.39 Å². The summed E-state index contributed by atoms with van der Waals surface area (Å²) in [5, 5.41) is 0. The average Bonchev–Trinajstić information content (AvgIpc) is 3.27. The Morgan fingerprint density at radius 3 is 2.40 bits per heavy atom. The van der Waals surface area contributed by atoms with Crippen molar-refractivity contribution in [3.8, 4) is 5.75 Å². The fourth-order valence-corrected chi connectivity index (χ4v) is 5.48. The van der Waals surface area contributed by atoms with E-state index < -0.39 is 17.8 Å². The Hall–Kier alpha value is -4.30. The molecule has 0 bridgehead atoms. The fourth-order valence-electron chi connectivity index (χ4n) is 4.48. The van der Waals surface area contributed by atoms with Crippen molar-refractivity contribution in [2.45, 2.75) is 26.8 Å². The van der Waals surface area contributed by atoms with Gasteiger partial charge in [-0.3, -0.25) is 9.36 Å². The van der Waals surface area contributed by atoms with E-state index in [-0.39, 0.29) is 17.7 Å². The molecular weight excluding hydrogens is 527 g/mol. The smallest absolute Gasteiger partial charge is 0.338 e. The highest BCUT2D eigenvalue weighted by molar-refractivity contribution is 7.07. The molecule has 0 amide bonds. The predicted molar refractivity (Wildman–Crippen MR) is 154 cm³/mol. The van der Waals surface area contributed by atoms with Crippen LogP contribution in [0, 0.1) is 11.7 Å². The van der Waals surface area contributed by atoms with E-state index in [1.54, 1.807) is 25.1 Å². The summed E-state index contributed by atoms with van der Waals surface area (Å²) < 4.78 is 27.1. The molecule has 0 spiro atoms. The van der Waals surface area contributed by atoms with Crippen LogP contribution in [0.25, 0.3) is 11.8 Å². The molecule has 204 valence electrons. The number of benzene rings is 3. The van der Waals surface area contributed by atoms with Crippen LogP contribution >= 0.6 is 11.3 Å². The fraction of sp³-hybridized carbons (Fsp3) is 0.219. The quantitative estimate of drug-likeness (QED) is 0.283. The molecule has 2 heterocycles. The summed E-state index contributed by atoms with van der Waals surface area (Å²) in [5.41, 5.74) is 2.47. The van der Waals surface area contributed by atoms with E-state index >= 15 is 0 Å². The molecule has 4 aromatic rings. The molecule has 1 atom stereocenters. The lowest BCUT2D eigenvalue weighted by molar-refractivity contribution is -0.138. The van der Waals surface area contributed by atoms with Crippen LogP contribution in [0.3, 0.4) is 0 Å². The zero-order chi connectivity index (χ0) is 28.2. The van der Waals surface area contributed by atoms with E-state index in [1.165, 1.54) is 28.0 Å². The normalized spacial score (nSPS) is 15.1. The van der Waals surface area contributed by atoms with Gasteiger partial charge in [-0.1, -0.05) is 79.8 Å². The molecule has 40 heavy (non-hydrogen) atoms. The van der Waals surface area contributed by atoms with E-state index in [0.717, 1.165) is 11.3 Å². The molecule has 0 fully saturated rings. The second-order valence-electron chi connectivity index (χ2n) is 9.76. The van der Waals surface area contributed by atoms with Crippen molar-refractivity contribution in [2.75, 3.05) is 13.2 Å². The van der Waals surface area contributed by atoms with Gasteiger partial charge in [-0.2, -0.15) is 0 Å². The number of aromatic nitrogens is 1. The maximum Gasteiger partial charge on any atom is 0.338 e. The van der Waals surface area contributed by atoms with Crippen molar-refractivity contribution >= 4 is 29.1 Å². The average molecular weight is 557 g/mol. The van der Waals surface area contributed by atoms with Gasteiger partial charge in [0.1, 0.15) is 11.6 Å². The number of halogens is 1. The SMILES string of the molecule is CCOC(=O)C1=C(c2ccccc2)N=c2s/c(=C/c3ccc(OCC(C)C)cc3)c(=O)n2[C@H]1c1ccc(F)cc1. The Balaban J connectivity index is 1.70. The predicted octanol–water partition coefficient (Wildman–Crippen LogP) is 5.11. The summed E-state index contributed by atoms with van der Waals surface area (Å²) in [7, 11) is 0. The second kappa shape index (κ2) is 11.8. The zero-order valence-corrected chi connectivity index (χ0v) is 23.3. The second-order valence-corrected chi connectivity index (χ2v) is 10.8. The number of ether oxygens (including phenoxy) is 2. The van der Waals surface area contributed by atoms with Gasteiger partial charge in [0.15, 0.2) is 4.80 Å². The van der Waals surface area contributed by atoms with E-state index in [1.807, 2.05) is 54.6 Å². The maximum atomic E-state index is 13.9.